The van der Waals surface area contributed by atoms with E-state index in [1.54, 1.807) is 36.4 Å². The summed E-state index contributed by atoms with van der Waals surface area (Å²) in [6, 6.07) is 23.6. The summed E-state index contributed by atoms with van der Waals surface area (Å²) in [5.41, 5.74) is 1.77. The topological polar surface area (TPSA) is 64.3 Å². The van der Waals surface area contributed by atoms with Crippen molar-refractivity contribution in [2.45, 2.75) is 61.2 Å². The summed E-state index contributed by atoms with van der Waals surface area (Å²) in [6.07, 6.45) is 7.71. The molecule has 3 aromatic carbocycles. The Morgan fingerprint density at radius 3 is 2.24 bits per heavy atom. The number of halogens is 1. The van der Waals surface area contributed by atoms with E-state index in [-0.39, 0.29) is 27.3 Å². The Kier molecular flexibility index (Phi) is 7.82. The monoisotopic (exact) mass is 534 g/mol. The Bertz CT molecular complexity index is 1470. The third-order valence-corrected chi connectivity index (χ3v) is 9.57. The van der Waals surface area contributed by atoms with Gasteiger partial charge in [0.2, 0.25) is 15.6 Å². The van der Waals surface area contributed by atoms with Crippen LogP contribution >= 0.6 is 11.6 Å². The molecule has 1 saturated carbocycles. The molecule has 37 heavy (non-hydrogen) atoms. The highest BCUT2D eigenvalue weighted by molar-refractivity contribution is 7.91. The lowest BCUT2D eigenvalue weighted by Gasteiger charge is -2.16. The van der Waals surface area contributed by atoms with E-state index < -0.39 is 9.84 Å². The largest absolute Gasteiger partial charge is 0.452 e. The zero-order chi connectivity index (χ0) is 25.8. The molecule has 4 aromatic rings. The van der Waals surface area contributed by atoms with Crippen molar-refractivity contribution in [3.63, 3.8) is 0 Å². The second-order valence-electron chi connectivity index (χ2n) is 10.0. The number of benzene rings is 3. The third kappa shape index (κ3) is 5.68. The summed E-state index contributed by atoms with van der Waals surface area (Å²) in [7, 11) is -3.99. The van der Waals surface area contributed by atoms with Crippen molar-refractivity contribution in [2.75, 3.05) is 0 Å². The van der Waals surface area contributed by atoms with Crippen molar-refractivity contribution in [3.05, 3.63) is 95.2 Å². The zero-order valence-electron chi connectivity index (χ0n) is 20.7. The highest BCUT2D eigenvalue weighted by Gasteiger charge is 2.34. The number of hydrogen-bond acceptors (Lipinski definition) is 4. The number of ketones is 1. The molecular weight excluding hydrogens is 504 g/mol. The number of rotatable bonds is 6. The van der Waals surface area contributed by atoms with Crippen molar-refractivity contribution >= 4 is 38.2 Å². The van der Waals surface area contributed by atoms with Crippen LogP contribution in [0.15, 0.2) is 93.1 Å². The van der Waals surface area contributed by atoms with E-state index in [0.717, 1.165) is 51.4 Å². The number of furan rings is 1. The van der Waals surface area contributed by atoms with Gasteiger partial charge in [0.1, 0.15) is 10.5 Å². The lowest BCUT2D eigenvalue weighted by atomic mass is 9.89. The van der Waals surface area contributed by atoms with Gasteiger partial charge in [-0.15, -0.1) is 0 Å². The van der Waals surface area contributed by atoms with Gasteiger partial charge < -0.3 is 4.42 Å². The highest BCUT2D eigenvalue weighted by Crippen LogP contribution is 2.37. The van der Waals surface area contributed by atoms with Gasteiger partial charge in [-0.05, 0) is 67.1 Å². The normalized spacial score (nSPS) is 19.2. The molecule has 1 aliphatic carbocycles. The highest BCUT2D eigenvalue weighted by atomic mass is 35.5. The number of carbonyl (C=O) groups is 1. The summed E-state index contributed by atoms with van der Waals surface area (Å²) in [5, 5.41) is 0.884. The minimum atomic E-state index is -3.99. The Morgan fingerprint density at radius 1 is 0.811 bits per heavy atom. The number of hydrogen-bond donors (Lipinski definition) is 0. The summed E-state index contributed by atoms with van der Waals surface area (Å²) < 4.78 is 33.5. The minimum Gasteiger partial charge on any atom is -0.452 e. The van der Waals surface area contributed by atoms with Crippen molar-refractivity contribution in [2.24, 2.45) is 11.8 Å². The summed E-state index contributed by atoms with van der Waals surface area (Å²) >= 11 is 6.00. The summed E-state index contributed by atoms with van der Waals surface area (Å²) in [6.45, 7) is 0. The van der Waals surface area contributed by atoms with E-state index in [9.17, 15) is 13.2 Å². The van der Waals surface area contributed by atoms with Crippen LogP contribution in [0.4, 0.5) is 0 Å². The van der Waals surface area contributed by atoms with Crippen molar-refractivity contribution < 1.29 is 17.6 Å². The lowest BCUT2D eigenvalue weighted by Crippen LogP contribution is -2.17. The molecule has 0 N–H and O–H groups in total. The minimum absolute atomic E-state index is 0.0303. The maximum atomic E-state index is 13.9. The van der Waals surface area contributed by atoms with Crippen LogP contribution in [0.5, 0.6) is 0 Å². The van der Waals surface area contributed by atoms with Crippen LogP contribution in [0.3, 0.4) is 0 Å². The molecule has 0 aliphatic heterocycles. The smallest absolute Gasteiger partial charge is 0.211 e. The zero-order valence-corrected chi connectivity index (χ0v) is 22.3. The van der Waals surface area contributed by atoms with Crippen molar-refractivity contribution in [1.29, 1.82) is 0 Å². The predicted octanol–water partition coefficient (Wildman–Crippen LogP) is 8.32. The van der Waals surface area contributed by atoms with Gasteiger partial charge >= 0.3 is 0 Å². The van der Waals surface area contributed by atoms with Gasteiger partial charge in [0.25, 0.3) is 0 Å². The number of sulfone groups is 1. The van der Waals surface area contributed by atoms with Gasteiger partial charge in [0.05, 0.1) is 4.90 Å². The molecule has 5 rings (SSSR count). The maximum absolute atomic E-state index is 13.9. The second kappa shape index (κ2) is 11.2. The average Bonchev–Trinajstić information content (AvgIpc) is 3.34. The van der Waals surface area contributed by atoms with Gasteiger partial charge in [-0.2, -0.15) is 0 Å². The van der Waals surface area contributed by atoms with Gasteiger partial charge in [-0.1, -0.05) is 86.2 Å². The quantitative estimate of drug-likeness (QED) is 0.233. The molecule has 2 unspecified atom stereocenters. The van der Waals surface area contributed by atoms with Gasteiger partial charge in [-0.3, -0.25) is 4.79 Å². The predicted molar refractivity (Wildman–Crippen MR) is 147 cm³/mol. The molecule has 0 amide bonds. The Hall–Kier alpha value is -2.89. The first kappa shape index (κ1) is 25.7. The molecule has 1 aliphatic rings. The first-order valence-electron chi connectivity index (χ1n) is 13.0. The van der Waals surface area contributed by atoms with Gasteiger partial charge in [0, 0.05) is 16.3 Å². The van der Waals surface area contributed by atoms with Crippen LogP contribution in [-0.2, 0) is 16.3 Å². The van der Waals surface area contributed by atoms with Crippen molar-refractivity contribution in [3.8, 4) is 0 Å². The van der Waals surface area contributed by atoms with E-state index in [0.29, 0.717) is 21.9 Å². The third-order valence-electron chi connectivity index (χ3n) is 7.48. The maximum Gasteiger partial charge on any atom is 0.211 e. The molecule has 192 valence electrons. The van der Waals surface area contributed by atoms with Gasteiger partial charge in [0.15, 0.2) is 5.76 Å². The molecule has 0 bridgehead atoms. The van der Waals surface area contributed by atoms with E-state index in [1.807, 2.05) is 6.07 Å². The van der Waals surface area contributed by atoms with Crippen LogP contribution in [0.25, 0.3) is 11.0 Å². The molecule has 6 heteroatoms. The fraction of sp³-hybridized carbons (Fsp3) is 0.323. The van der Waals surface area contributed by atoms with E-state index in [1.165, 1.54) is 17.7 Å². The summed E-state index contributed by atoms with van der Waals surface area (Å²) in [4.78, 5) is 14.0. The van der Waals surface area contributed by atoms with Crippen LogP contribution in [0, 0.1) is 11.8 Å². The first-order valence-corrected chi connectivity index (χ1v) is 14.9. The fourth-order valence-electron chi connectivity index (χ4n) is 5.55. The van der Waals surface area contributed by atoms with Crippen LogP contribution in [0.2, 0.25) is 5.02 Å². The van der Waals surface area contributed by atoms with Gasteiger partial charge in [-0.25, -0.2) is 8.42 Å². The SMILES string of the molecule is O=C(c1oc2ccccc2c1S(=O)(=O)c1ccc(Cl)cc1)C1CCCCC(Cc2ccccc2)CCC1. The van der Waals surface area contributed by atoms with Crippen LogP contribution in [0.1, 0.15) is 61.1 Å². The average molecular weight is 535 g/mol. The van der Waals surface area contributed by atoms with Crippen molar-refractivity contribution in [1.82, 2.24) is 0 Å². The molecule has 2 atom stereocenters. The Balaban J connectivity index is 1.42. The van der Waals surface area contributed by atoms with Crippen LogP contribution < -0.4 is 0 Å². The number of carbonyl (C=O) groups excluding carboxylic acids is 1. The Morgan fingerprint density at radius 2 is 1.46 bits per heavy atom. The number of fused-ring (bicyclic) bond motifs is 1. The molecule has 0 spiro atoms. The van der Waals surface area contributed by atoms with Crippen LogP contribution in [-0.4, -0.2) is 14.2 Å². The standard InChI is InChI=1S/C31H31ClO4S/c32-25-17-19-26(20-18-25)37(34,35)31-27-15-6-7-16-28(27)36-30(31)29(33)24-13-5-4-11-23(12-8-14-24)21-22-9-2-1-3-10-22/h1-3,6-7,9-10,15-20,23-24H,4-5,8,11-14,21H2. The summed E-state index contributed by atoms with van der Waals surface area (Å²) in [5.74, 6) is 0.102. The molecular formula is C31H31ClO4S. The molecule has 0 radical (unpaired) electrons. The molecule has 4 nitrogen and oxygen atoms in total. The molecule has 1 aromatic heterocycles. The molecule has 0 saturated heterocycles. The van der Waals surface area contributed by atoms with E-state index in [4.69, 9.17) is 16.0 Å². The van der Waals surface area contributed by atoms with E-state index in [2.05, 4.69) is 24.3 Å². The number of Topliss-reactive ketones (excluding diaryl/α,β-unsaturated/α-hetero) is 1. The Labute approximate surface area is 223 Å². The second-order valence-corrected chi connectivity index (χ2v) is 12.4. The fourth-order valence-corrected chi connectivity index (χ4v) is 7.25. The first-order chi connectivity index (χ1) is 17.9. The number of para-hydroxylation sites is 1. The van der Waals surface area contributed by atoms with E-state index >= 15 is 0 Å². The molecule has 1 heterocycles. The molecule has 1 fully saturated rings. The lowest BCUT2D eigenvalue weighted by molar-refractivity contribution is 0.0872.